The predicted molar refractivity (Wildman–Crippen MR) is 96.4 cm³/mol. The quantitative estimate of drug-likeness (QED) is 0.733. The van der Waals surface area contributed by atoms with E-state index in [1.54, 1.807) is 42.8 Å². The van der Waals surface area contributed by atoms with E-state index >= 15 is 0 Å². The summed E-state index contributed by atoms with van der Waals surface area (Å²) in [6.45, 7) is 3.71. The molecule has 5 nitrogen and oxygen atoms in total. The topological polar surface area (TPSA) is 64.0 Å². The van der Waals surface area contributed by atoms with Crippen LogP contribution in [0.1, 0.15) is 16.3 Å². The van der Waals surface area contributed by atoms with Crippen LogP contribution in [0.5, 0.6) is 0 Å². The van der Waals surface area contributed by atoms with Crippen LogP contribution in [0.4, 0.5) is 0 Å². The molecule has 0 spiro atoms. The molecule has 24 heavy (non-hydrogen) atoms. The number of aryl methyl sites for hydroxylation is 1. The van der Waals surface area contributed by atoms with Gasteiger partial charge in [-0.25, -0.2) is 17.8 Å². The monoisotopic (exact) mass is 381 g/mol. The van der Waals surface area contributed by atoms with Crippen molar-refractivity contribution in [1.82, 2.24) is 14.5 Å². The summed E-state index contributed by atoms with van der Waals surface area (Å²) in [6, 6.07) is 10.9. The van der Waals surface area contributed by atoms with Gasteiger partial charge in [0.05, 0.1) is 17.1 Å². The molecule has 0 aliphatic rings. The van der Waals surface area contributed by atoms with Crippen molar-refractivity contribution in [2.75, 3.05) is 0 Å². The Labute approximate surface area is 150 Å². The van der Waals surface area contributed by atoms with E-state index in [2.05, 4.69) is 9.82 Å². The third kappa shape index (κ3) is 3.39. The van der Waals surface area contributed by atoms with E-state index in [4.69, 9.17) is 11.6 Å². The first-order valence-electron chi connectivity index (χ1n) is 7.23. The Bertz CT molecular complexity index is 946. The second-order valence-corrected chi connectivity index (χ2v) is 8.46. The van der Waals surface area contributed by atoms with Gasteiger partial charge in [-0.2, -0.15) is 5.10 Å². The number of aromatic nitrogens is 2. The zero-order chi connectivity index (χ0) is 17.3. The molecule has 0 atom stereocenters. The maximum Gasteiger partial charge on any atom is 0.244 e. The lowest BCUT2D eigenvalue weighted by Crippen LogP contribution is -2.24. The van der Waals surface area contributed by atoms with Crippen LogP contribution >= 0.6 is 22.9 Å². The van der Waals surface area contributed by atoms with Crippen molar-refractivity contribution in [3.8, 4) is 5.69 Å². The standard InChI is InChI=1S/C16H16ClN3O2S2/c1-11-16(24(21,22)18-10-15-4-3-9-23-15)12(2)20(19-11)14-7-5-13(17)6-8-14/h3-9,18H,10H2,1-2H3. The highest BCUT2D eigenvalue weighted by atomic mass is 35.5. The van der Waals surface area contributed by atoms with Crippen LogP contribution in [0.2, 0.25) is 5.02 Å². The molecule has 3 rings (SSSR count). The van der Waals surface area contributed by atoms with Crippen molar-refractivity contribution in [3.05, 3.63) is 63.1 Å². The molecule has 2 aromatic heterocycles. The number of hydrogen-bond acceptors (Lipinski definition) is 4. The van der Waals surface area contributed by atoms with Crippen molar-refractivity contribution in [1.29, 1.82) is 0 Å². The summed E-state index contributed by atoms with van der Waals surface area (Å²) < 4.78 is 29.6. The van der Waals surface area contributed by atoms with E-state index in [1.165, 1.54) is 11.3 Å². The Hall–Kier alpha value is -1.67. The van der Waals surface area contributed by atoms with E-state index in [0.29, 0.717) is 16.4 Å². The Kier molecular flexibility index (Phi) is 4.78. The minimum absolute atomic E-state index is 0.217. The molecule has 0 aliphatic heterocycles. The SMILES string of the molecule is Cc1nn(-c2ccc(Cl)cc2)c(C)c1S(=O)(=O)NCc1cccs1. The second kappa shape index (κ2) is 6.68. The summed E-state index contributed by atoms with van der Waals surface area (Å²) in [5.74, 6) is 0. The Morgan fingerprint density at radius 3 is 2.54 bits per heavy atom. The number of nitrogens with zero attached hydrogens (tertiary/aromatic N) is 2. The first-order valence-corrected chi connectivity index (χ1v) is 9.97. The van der Waals surface area contributed by atoms with Crippen LogP contribution in [-0.4, -0.2) is 18.2 Å². The molecule has 3 aromatic rings. The summed E-state index contributed by atoms with van der Waals surface area (Å²) in [5.41, 5.74) is 1.79. The zero-order valence-corrected chi connectivity index (χ0v) is 15.5. The summed E-state index contributed by atoms with van der Waals surface area (Å²) >= 11 is 7.41. The van der Waals surface area contributed by atoms with Crippen molar-refractivity contribution in [2.45, 2.75) is 25.3 Å². The van der Waals surface area contributed by atoms with E-state index in [-0.39, 0.29) is 11.4 Å². The molecule has 0 amide bonds. The normalized spacial score (nSPS) is 11.8. The van der Waals surface area contributed by atoms with Crippen LogP contribution in [0.3, 0.4) is 0 Å². The zero-order valence-electron chi connectivity index (χ0n) is 13.2. The van der Waals surface area contributed by atoms with Gasteiger partial charge in [-0.05, 0) is 49.6 Å². The Morgan fingerprint density at radius 2 is 1.92 bits per heavy atom. The van der Waals surface area contributed by atoms with Crippen molar-refractivity contribution >= 4 is 33.0 Å². The number of rotatable bonds is 5. The summed E-state index contributed by atoms with van der Waals surface area (Å²) in [5, 5.41) is 6.91. The average molecular weight is 382 g/mol. The highest BCUT2D eigenvalue weighted by Crippen LogP contribution is 2.23. The minimum Gasteiger partial charge on any atom is -0.236 e. The fourth-order valence-corrected chi connectivity index (χ4v) is 4.76. The predicted octanol–water partition coefficient (Wildman–Crippen LogP) is 3.68. The maximum absolute atomic E-state index is 12.7. The lowest BCUT2D eigenvalue weighted by molar-refractivity contribution is 0.580. The molecule has 1 aromatic carbocycles. The maximum atomic E-state index is 12.7. The largest absolute Gasteiger partial charge is 0.244 e. The molecule has 0 radical (unpaired) electrons. The molecule has 0 unspecified atom stereocenters. The third-order valence-corrected chi connectivity index (χ3v) is 6.36. The number of sulfonamides is 1. The Morgan fingerprint density at radius 1 is 1.21 bits per heavy atom. The van der Waals surface area contributed by atoms with Gasteiger partial charge >= 0.3 is 0 Å². The van der Waals surface area contributed by atoms with Crippen molar-refractivity contribution in [3.63, 3.8) is 0 Å². The molecular formula is C16H16ClN3O2S2. The fraction of sp³-hybridized carbons (Fsp3) is 0.188. The first kappa shape index (κ1) is 17.2. The Balaban J connectivity index is 1.94. The van der Waals surface area contributed by atoms with Crippen LogP contribution in [-0.2, 0) is 16.6 Å². The van der Waals surface area contributed by atoms with Gasteiger partial charge in [0, 0.05) is 16.4 Å². The molecule has 1 N–H and O–H groups in total. The van der Waals surface area contributed by atoms with Crippen LogP contribution in [0.15, 0.2) is 46.7 Å². The van der Waals surface area contributed by atoms with Gasteiger partial charge in [-0.15, -0.1) is 11.3 Å². The molecule has 0 saturated carbocycles. The van der Waals surface area contributed by atoms with Crippen molar-refractivity contribution in [2.24, 2.45) is 0 Å². The van der Waals surface area contributed by atoms with Gasteiger partial charge in [0.2, 0.25) is 10.0 Å². The average Bonchev–Trinajstić information content (AvgIpc) is 3.14. The smallest absolute Gasteiger partial charge is 0.236 e. The van der Waals surface area contributed by atoms with E-state index in [1.807, 2.05) is 17.5 Å². The molecule has 0 bridgehead atoms. The van der Waals surface area contributed by atoms with Gasteiger partial charge < -0.3 is 0 Å². The minimum atomic E-state index is -3.65. The van der Waals surface area contributed by atoms with Crippen LogP contribution < -0.4 is 4.72 Å². The number of halogens is 1. The molecule has 2 heterocycles. The van der Waals surface area contributed by atoms with Crippen molar-refractivity contribution < 1.29 is 8.42 Å². The number of benzene rings is 1. The molecule has 126 valence electrons. The van der Waals surface area contributed by atoms with Gasteiger partial charge in [0.15, 0.2) is 0 Å². The third-order valence-electron chi connectivity index (χ3n) is 3.58. The highest BCUT2D eigenvalue weighted by Gasteiger charge is 2.25. The van der Waals surface area contributed by atoms with Gasteiger partial charge in [-0.3, -0.25) is 0 Å². The van der Waals surface area contributed by atoms with E-state index in [9.17, 15) is 8.42 Å². The molecule has 0 fully saturated rings. The molecule has 8 heteroatoms. The number of nitrogens with one attached hydrogen (secondary N) is 1. The highest BCUT2D eigenvalue weighted by molar-refractivity contribution is 7.89. The summed E-state index contributed by atoms with van der Waals surface area (Å²) in [6.07, 6.45) is 0. The van der Waals surface area contributed by atoms with Crippen LogP contribution in [0, 0.1) is 13.8 Å². The van der Waals surface area contributed by atoms with E-state index < -0.39 is 10.0 Å². The molecule has 0 saturated heterocycles. The number of hydrogen-bond donors (Lipinski definition) is 1. The van der Waals surface area contributed by atoms with Gasteiger partial charge in [0.1, 0.15) is 4.90 Å². The first-order chi connectivity index (χ1) is 11.4. The lowest BCUT2D eigenvalue weighted by Gasteiger charge is -2.07. The van der Waals surface area contributed by atoms with Gasteiger partial charge in [0.25, 0.3) is 0 Å². The summed E-state index contributed by atoms with van der Waals surface area (Å²) in [4.78, 5) is 1.17. The van der Waals surface area contributed by atoms with Gasteiger partial charge in [-0.1, -0.05) is 17.7 Å². The fourth-order valence-electron chi connectivity index (χ4n) is 2.50. The summed E-state index contributed by atoms with van der Waals surface area (Å²) in [7, 11) is -3.65. The van der Waals surface area contributed by atoms with Crippen LogP contribution in [0.25, 0.3) is 5.69 Å². The molecular weight excluding hydrogens is 366 g/mol. The van der Waals surface area contributed by atoms with E-state index in [0.717, 1.165) is 10.6 Å². The second-order valence-electron chi connectivity index (χ2n) is 5.29. The number of thiophene rings is 1. The molecule has 0 aliphatic carbocycles. The lowest BCUT2D eigenvalue weighted by atomic mass is 10.3.